The Bertz CT molecular complexity index is 1140. The van der Waals surface area contributed by atoms with Crippen LogP contribution in [0.5, 0.6) is 5.75 Å². The van der Waals surface area contributed by atoms with E-state index in [0.717, 1.165) is 17.0 Å². The van der Waals surface area contributed by atoms with Crippen LogP contribution in [0.1, 0.15) is 53.5 Å². The highest BCUT2D eigenvalue weighted by molar-refractivity contribution is 5.95. The van der Waals surface area contributed by atoms with Gasteiger partial charge in [0.25, 0.3) is 11.5 Å². The Balaban J connectivity index is 1.63. The molecule has 150 valence electrons. The van der Waals surface area contributed by atoms with E-state index in [1.54, 1.807) is 31.2 Å². The minimum Gasteiger partial charge on any atom is -0.487 e. The number of nitrogens with zero attached hydrogens (tertiary/aromatic N) is 1. The minimum atomic E-state index is -0.374. The molecule has 0 unspecified atom stereocenters. The summed E-state index contributed by atoms with van der Waals surface area (Å²) < 4.78 is 7.51. The first-order chi connectivity index (χ1) is 13.7. The summed E-state index contributed by atoms with van der Waals surface area (Å²) in [6.45, 7) is 7.68. The van der Waals surface area contributed by atoms with E-state index in [1.807, 2.05) is 45.0 Å². The van der Waals surface area contributed by atoms with Gasteiger partial charge in [-0.3, -0.25) is 14.7 Å². The second kappa shape index (κ2) is 6.95. The van der Waals surface area contributed by atoms with E-state index in [4.69, 9.17) is 4.74 Å². The standard InChI is InChI=1S/C23H25N3O3/c1-14-15(2)25-26(22(14)28)17-9-7-8-16(12-17)21(27)24-19-13-23(3,4)29-20-11-6-5-10-18(19)20/h5-12,19,25H,13H2,1-4H3,(H,24,27)/t19-/m1/s1. The quantitative estimate of drug-likeness (QED) is 0.713. The minimum absolute atomic E-state index is 0.111. The topological polar surface area (TPSA) is 76.1 Å². The third-order valence-electron chi connectivity index (χ3n) is 5.41. The Labute approximate surface area is 169 Å². The maximum absolute atomic E-state index is 13.0. The van der Waals surface area contributed by atoms with E-state index >= 15 is 0 Å². The number of aromatic nitrogens is 2. The smallest absolute Gasteiger partial charge is 0.274 e. The lowest BCUT2D eigenvalue weighted by molar-refractivity contribution is 0.0619. The largest absolute Gasteiger partial charge is 0.487 e. The predicted octanol–water partition coefficient (Wildman–Crippen LogP) is 3.81. The predicted molar refractivity (Wildman–Crippen MR) is 112 cm³/mol. The van der Waals surface area contributed by atoms with Crippen LogP contribution in [0.4, 0.5) is 0 Å². The molecule has 2 N–H and O–H groups in total. The zero-order valence-electron chi connectivity index (χ0n) is 17.1. The Kier molecular flexibility index (Phi) is 4.57. The first-order valence-corrected chi connectivity index (χ1v) is 9.73. The summed E-state index contributed by atoms with van der Waals surface area (Å²) in [5, 5.41) is 6.20. The molecule has 1 aromatic heterocycles. The van der Waals surface area contributed by atoms with Gasteiger partial charge in [-0.25, -0.2) is 4.68 Å². The van der Waals surface area contributed by atoms with Crippen molar-refractivity contribution in [2.24, 2.45) is 0 Å². The van der Waals surface area contributed by atoms with Crippen molar-refractivity contribution >= 4 is 5.91 Å². The number of fused-ring (bicyclic) bond motifs is 1. The fraction of sp³-hybridized carbons (Fsp3) is 0.304. The number of carbonyl (C=O) groups excluding carboxylic acids is 1. The molecule has 0 saturated heterocycles. The number of amides is 1. The van der Waals surface area contributed by atoms with Crippen LogP contribution in [0.3, 0.4) is 0 Å². The van der Waals surface area contributed by atoms with Crippen molar-refractivity contribution in [3.63, 3.8) is 0 Å². The van der Waals surface area contributed by atoms with E-state index in [1.165, 1.54) is 4.68 Å². The van der Waals surface area contributed by atoms with Crippen molar-refractivity contribution < 1.29 is 9.53 Å². The van der Waals surface area contributed by atoms with Crippen LogP contribution in [0.25, 0.3) is 5.69 Å². The van der Waals surface area contributed by atoms with Gasteiger partial charge in [0.05, 0.1) is 11.7 Å². The Hall–Kier alpha value is -3.28. The van der Waals surface area contributed by atoms with E-state index in [9.17, 15) is 9.59 Å². The Morgan fingerprint density at radius 3 is 2.66 bits per heavy atom. The molecule has 1 amide bonds. The average Bonchev–Trinajstić information content (AvgIpc) is 2.94. The van der Waals surface area contributed by atoms with Gasteiger partial charge in [0.1, 0.15) is 11.4 Å². The van der Waals surface area contributed by atoms with Gasteiger partial charge in [-0.05, 0) is 52.0 Å². The second-order valence-electron chi connectivity index (χ2n) is 8.18. The molecule has 0 saturated carbocycles. The lowest BCUT2D eigenvalue weighted by Gasteiger charge is -2.37. The molecule has 6 heteroatoms. The number of hydrogen-bond donors (Lipinski definition) is 2. The monoisotopic (exact) mass is 391 g/mol. The van der Waals surface area contributed by atoms with Crippen molar-refractivity contribution in [1.82, 2.24) is 15.1 Å². The molecule has 3 aromatic rings. The normalized spacial score (nSPS) is 17.3. The highest BCUT2D eigenvalue weighted by Crippen LogP contribution is 2.39. The zero-order valence-corrected chi connectivity index (χ0v) is 17.1. The summed E-state index contributed by atoms with van der Waals surface area (Å²) >= 11 is 0. The fourth-order valence-corrected chi connectivity index (χ4v) is 3.77. The number of nitrogens with one attached hydrogen (secondary N) is 2. The van der Waals surface area contributed by atoms with Crippen molar-refractivity contribution in [2.75, 3.05) is 0 Å². The SMILES string of the molecule is Cc1[nH]n(-c2cccc(C(=O)N[C@@H]3CC(C)(C)Oc4ccccc43)c2)c(=O)c1C. The Morgan fingerprint density at radius 1 is 1.17 bits per heavy atom. The molecular formula is C23H25N3O3. The van der Waals surface area contributed by atoms with Gasteiger partial charge in [-0.2, -0.15) is 0 Å². The summed E-state index contributed by atoms with van der Waals surface area (Å²) in [4.78, 5) is 25.4. The number of carbonyl (C=O) groups is 1. The van der Waals surface area contributed by atoms with Crippen LogP contribution >= 0.6 is 0 Å². The molecule has 0 spiro atoms. The van der Waals surface area contributed by atoms with E-state index in [0.29, 0.717) is 23.2 Å². The first kappa shape index (κ1) is 19.1. The van der Waals surface area contributed by atoms with Crippen LogP contribution in [0.15, 0.2) is 53.3 Å². The Morgan fingerprint density at radius 2 is 1.93 bits per heavy atom. The molecule has 0 aliphatic carbocycles. The highest BCUT2D eigenvalue weighted by Gasteiger charge is 2.34. The molecule has 2 heterocycles. The molecule has 0 radical (unpaired) electrons. The number of rotatable bonds is 3. The molecule has 1 atom stereocenters. The summed E-state index contributed by atoms with van der Waals surface area (Å²) in [7, 11) is 0. The number of aryl methyl sites for hydroxylation is 1. The number of ether oxygens (including phenoxy) is 1. The number of H-pyrrole nitrogens is 1. The third-order valence-corrected chi connectivity index (χ3v) is 5.41. The number of para-hydroxylation sites is 1. The molecule has 2 aromatic carbocycles. The molecule has 4 rings (SSSR count). The van der Waals surface area contributed by atoms with Crippen LogP contribution < -0.4 is 15.6 Å². The summed E-state index contributed by atoms with van der Waals surface area (Å²) in [5.41, 5.74) is 3.10. The van der Waals surface area contributed by atoms with Gasteiger partial charge in [0.15, 0.2) is 0 Å². The second-order valence-corrected chi connectivity index (χ2v) is 8.18. The van der Waals surface area contributed by atoms with Crippen molar-refractivity contribution in [3.8, 4) is 11.4 Å². The first-order valence-electron chi connectivity index (χ1n) is 9.73. The van der Waals surface area contributed by atoms with Gasteiger partial charge in [0, 0.05) is 28.8 Å². The number of aromatic amines is 1. The van der Waals surface area contributed by atoms with E-state index < -0.39 is 0 Å². The van der Waals surface area contributed by atoms with Gasteiger partial charge in [-0.15, -0.1) is 0 Å². The van der Waals surface area contributed by atoms with Gasteiger partial charge < -0.3 is 10.1 Å². The third kappa shape index (κ3) is 3.58. The van der Waals surface area contributed by atoms with Crippen LogP contribution in [0, 0.1) is 13.8 Å². The van der Waals surface area contributed by atoms with Crippen LogP contribution in [0.2, 0.25) is 0 Å². The van der Waals surface area contributed by atoms with Crippen LogP contribution in [-0.4, -0.2) is 21.3 Å². The lowest BCUT2D eigenvalue weighted by atomic mass is 9.89. The van der Waals surface area contributed by atoms with Crippen molar-refractivity contribution in [3.05, 3.63) is 81.3 Å². The number of hydrogen-bond acceptors (Lipinski definition) is 3. The summed E-state index contributed by atoms with van der Waals surface area (Å²) in [6.07, 6.45) is 0.671. The van der Waals surface area contributed by atoms with E-state index in [-0.39, 0.29) is 23.1 Å². The molecule has 29 heavy (non-hydrogen) atoms. The maximum Gasteiger partial charge on any atom is 0.274 e. The molecule has 6 nitrogen and oxygen atoms in total. The molecule has 1 aliphatic rings. The number of benzene rings is 2. The van der Waals surface area contributed by atoms with Crippen LogP contribution in [-0.2, 0) is 0 Å². The zero-order chi connectivity index (χ0) is 20.8. The average molecular weight is 391 g/mol. The summed E-state index contributed by atoms with van der Waals surface area (Å²) in [5.74, 6) is 0.615. The fourth-order valence-electron chi connectivity index (χ4n) is 3.77. The molecule has 0 bridgehead atoms. The molecule has 1 aliphatic heterocycles. The van der Waals surface area contributed by atoms with Gasteiger partial charge >= 0.3 is 0 Å². The maximum atomic E-state index is 13.0. The molecule has 0 fully saturated rings. The highest BCUT2D eigenvalue weighted by atomic mass is 16.5. The molecular weight excluding hydrogens is 366 g/mol. The van der Waals surface area contributed by atoms with Gasteiger partial charge in [-0.1, -0.05) is 24.3 Å². The summed E-state index contributed by atoms with van der Waals surface area (Å²) in [6, 6.07) is 14.7. The van der Waals surface area contributed by atoms with Crippen molar-refractivity contribution in [2.45, 2.75) is 45.8 Å². The van der Waals surface area contributed by atoms with E-state index in [2.05, 4.69) is 10.4 Å². The van der Waals surface area contributed by atoms with Gasteiger partial charge in [0.2, 0.25) is 0 Å². The lowest BCUT2D eigenvalue weighted by Crippen LogP contribution is -2.41. The van der Waals surface area contributed by atoms with Crippen molar-refractivity contribution in [1.29, 1.82) is 0 Å².